The molecule has 4 N–H and O–H groups in total. The maximum absolute atomic E-state index is 5.45. The zero-order valence-electron chi connectivity index (χ0n) is 9.37. The molecule has 0 bridgehead atoms. The molecular weight excluding hydrogens is 180 g/mol. The standard InChI is InChI=1S/C10H24N2O2/c1-9(5-11)7-13-3-4-14-8-10(2)6-12/h9-10H,3-8,11-12H2,1-2H3. The fourth-order valence-corrected chi connectivity index (χ4v) is 0.823. The van der Waals surface area contributed by atoms with Crippen LogP contribution in [0.2, 0.25) is 0 Å². The van der Waals surface area contributed by atoms with Crippen LogP contribution in [0, 0.1) is 11.8 Å². The van der Waals surface area contributed by atoms with Crippen LogP contribution in [0.5, 0.6) is 0 Å². The number of rotatable bonds is 9. The van der Waals surface area contributed by atoms with Gasteiger partial charge in [0.15, 0.2) is 0 Å². The smallest absolute Gasteiger partial charge is 0.0700 e. The van der Waals surface area contributed by atoms with Gasteiger partial charge in [-0.3, -0.25) is 0 Å². The van der Waals surface area contributed by atoms with Gasteiger partial charge in [-0.2, -0.15) is 0 Å². The van der Waals surface area contributed by atoms with E-state index in [0.29, 0.717) is 51.4 Å². The van der Waals surface area contributed by atoms with Crippen molar-refractivity contribution in [3.8, 4) is 0 Å². The molecule has 0 heterocycles. The largest absolute Gasteiger partial charge is 0.379 e. The van der Waals surface area contributed by atoms with E-state index >= 15 is 0 Å². The van der Waals surface area contributed by atoms with Crippen LogP contribution < -0.4 is 11.5 Å². The quantitative estimate of drug-likeness (QED) is 0.527. The summed E-state index contributed by atoms with van der Waals surface area (Å²) in [5, 5.41) is 0. The van der Waals surface area contributed by atoms with E-state index in [1.54, 1.807) is 0 Å². The van der Waals surface area contributed by atoms with E-state index < -0.39 is 0 Å². The Bertz CT molecular complexity index is 109. The molecular formula is C10H24N2O2. The monoisotopic (exact) mass is 204 g/mol. The van der Waals surface area contributed by atoms with Crippen molar-refractivity contribution in [3.05, 3.63) is 0 Å². The highest BCUT2D eigenvalue weighted by Gasteiger charge is 2.00. The molecule has 14 heavy (non-hydrogen) atoms. The van der Waals surface area contributed by atoms with Crippen LogP contribution in [0.3, 0.4) is 0 Å². The molecule has 86 valence electrons. The van der Waals surface area contributed by atoms with E-state index in [9.17, 15) is 0 Å². The van der Waals surface area contributed by atoms with Gasteiger partial charge in [0.05, 0.1) is 26.4 Å². The van der Waals surface area contributed by atoms with Crippen molar-refractivity contribution < 1.29 is 9.47 Å². The van der Waals surface area contributed by atoms with Crippen LogP contribution in [0.4, 0.5) is 0 Å². The molecule has 0 rings (SSSR count). The minimum absolute atomic E-state index is 0.429. The third kappa shape index (κ3) is 8.44. The fourth-order valence-electron chi connectivity index (χ4n) is 0.823. The predicted octanol–water partition coefficient (Wildman–Crippen LogP) is 0.209. The lowest BCUT2D eigenvalue weighted by Gasteiger charge is -2.11. The molecule has 0 aliphatic heterocycles. The summed E-state index contributed by atoms with van der Waals surface area (Å²) >= 11 is 0. The van der Waals surface area contributed by atoms with Crippen molar-refractivity contribution in [1.29, 1.82) is 0 Å². The normalized spacial score (nSPS) is 15.4. The first kappa shape index (κ1) is 13.8. The number of nitrogens with two attached hydrogens (primary N) is 2. The lowest BCUT2D eigenvalue weighted by atomic mass is 10.2. The van der Waals surface area contributed by atoms with Crippen molar-refractivity contribution >= 4 is 0 Å². The minimum Gasteiger partial charge on any atom is -0.379 e. The molecule has 0 radical (unpaired) electrons. The summed E-state index contributed by atoms with van der Waals surface area (Å²) < 4.78 is 10.7. The second kappa shape index (κ2) is 9.40. The molecule has 4 heteroatoms. The Morgan fingerprint density at radius 3 is 1.50 bits per heavy atom. The van der Waals surface area contributed by atoms with Gasteiger partial charge in [0.1, 0.15) is 0 Å². The second-order valence-electron chi connectivity index (χ2n) is 3.83. The van der Waals surface area contributed by atoms with Crippen LogP contribution in [0.15, 0.2) is 0 Å². The predicted molar refractivity (Wildman–Crippen MR) is 58.1 cm³/mol. The lowest BCUT2D eigenvalue weighted by molar-refractivity contribution is 0.0273. The Labute approximate surface area is 86.9 Å². The van der Waals surface area contributed by atoms with Gasteiger partial charge in [0, 0.05) is 0 Å². The zero-order chi connectivity index (χ0) is 10.8. The Morgan fingerprint density at radius 2 is 1.21 bits per heavy atom. The summed E-state index contributed by atoms with van der Waals surface area (Å²) in [6, 6.07) is 0. The van der Waals surface area contributed by atoms with E-state index in [0.717, 1.165) is 0 Å². The third-order valence-corrected chi connectivity index (χ3v) is 1.98. The fraction of sp³-hybridized carbons (Fsp3) is 1.00. The van der Waals surface area contributed by atoms with Crippen LogP contribution in [-0.4, -0.2) is 39.5 Å². The van der Waals surface area contributed by atoms with Crippen molar-refractivity contribution in [2.45, 2.75) is 13.8 Å². The van der Waals surface area contributed by atoms with Crippen LogP contribution >= 0.6 is 0 Å². The van der Waals surface area contributed by atoms with E-state index in [1.807, 2.05) is 0 Å². The molecule has 4 nitrogen and oxygen atoms in total. The first-order chi connectivity index (χ1) is 6.70. The molecule has 0 spiro atoms. The lowest BCUT2D eigenvalue weighted by Crippen LogP contribution is -2.20. The summed E-state index contributed by atoms with van der Waals surface area (Å²) in [4.78, 5) is 0. The van der Waals surface area contributed by atoms with Gasteiger partial charge in [0.25, 0.3) is 0 Å². The van der Waals surface area contributed by atoms with E-state index in [2.05, 4.69) is 13.8 Å². The van der Waals surface area contributed by atoms with Gasteiger partial charge in [-0.1, -0.05) is 13.8 Å². The highest BCUT2D eigenvalue weighted by molar-refractivity contribution is 4.51. The molecule has 0 aliphatic rings. The first-order valence-electron chi connectivity index (χ1n) is 5.26. The summed E-state index contributed by atoms with van der Waals surface area (Å²) in [5.41, 5.74) is 10.9. The van der Waals surface area contributed by atoms with E-state index in [1.165, 1.54) is 0 Å². The second-order valence-corrected chi connectivity index (χ2v) is 3.83. The Kier molecular flexibility index (Phi) is 9.29. The number of hydrogen-bond donors (Lipinski definition) is 2. The summed E-state index contributed by atoms with van der Waals surface area (Å²) in [5.74, 6) is 0.857. The van der Waals surface area contributed by atoms with E-state index in [-0.39, 0.29) is 0 Å². The molecule has 0 aliphatic carbocycles. The van der Waals surface area contributed by atoms with Crippen molar-refractivity contribution in [2.75, 3.05) is 39.5 Å². The van der Waals surface area contributed by atoms with Gasteiger partial charge in [-0.05, 0) is 24.9 Å². The van der Waals surface area contributed by atoms with E-state index in [4.69, 9.17) is 20.9 Å². The van der Waals surface area contributed by atoms with Gasteiger partial charge >= 0.3 is 0 Å². The number of hydrogen-bond acceptors (Lipinski definition) is 4. The average Bonchev–Trinajstić information content (AvgIpc) is 2.22. The van der Waals surface area contributed by atoms with Gasteiger partial charge < -0.3 is 20.9 Å². The Balaban J connectivity index is 3.06. The third-order valence-electron chi connectivity index (χ3n) is 1.98. The summed E-state index contributed by atoms with van der Waals surface area (Å²) in [6.45, 7) is 8.19. The average molecular weight is 204 g/mol. The molecule has 0 amide bonds. The topological polar surface area (TPSA) is 70.5 Å². The van der Waals surface area contributed by atoms with Crippen molar-refractivity contribution in [3.63, 3.8) is 0 Å². The number of ether oxygens (including phenoxy) is 2. The highest BCUT2D eigenvalue weighted by atomic mass is 16.5. The first-order valence-corrected chi connectivity index (χ1v) is 5.26. The van der Waals surface area contributed by atoms with Crippen molar-refractivity contribution in [1.82, 2.24) is 0 Å². The Hall–Kier alpha value is -0.160. The summed E-state index contributed by atoms with van der Waals surface area (Å²) in [6.07, 6.45) is 0. The maximum atomic E-state index is 5.45. The molecule has 0 aromatic heterocycles. The molecule has 0 saturated heterocycles. The van der Waals surface area contributed by atoms with Crippen LogP contribution in [0.25, 0.3) is 0 Å². The molecule has 2 atom stereocenters. The summed E-state index contributed by atoms with van der Waals surface area (Å²) in [7, 11) is 0. The molecule has 0 aromatic rings. The van der Waals surface area contributed by atoms with Crippen LogP contribution in [-0.2, 0) is 9.47 Å². The van der Waals surface area contributed by atoms with Crippen LogP contribution in [0.1, 0.15) is 13.8 Å². The van der Waals surface area contributed by atoms with Gasteiger partial charge in [-0.15, -0.1) is 0 Å². The SMILES string of the molecule is CC(CN)COCCOCC(C)CN. The van der Waals surface area contributed by atoms with Gasteiger partial charge in [-0.25, -0.2) is 0 Å². The molecule has 2 unspecified atom stereocenters. The highest BCUT2D eigenvalue weighted by Crippen LogP contribution is 1.94. The molecule has 0 fully saturated rings. The molecule has 0 aromatic carbocycles. The van der Waals surface area contributed by atoms with Gasteiger partial charge in [0.2, 0.25) is 0 Å². The molecule has 0 saturated carbocycles. The van der Waals surface area contributed by atoms with Crippen molar-refractivity contribution in [2.24, 2.45) is 23.3 Å². The minimum atomic E-state index is 0.429. The Morgan fingerprint density at radius 1 is 0.857 bits per heavy atom. The maximum Gasteiger partial charge on any atom is 0.0700 e. The zero-order valence-corrected chi connectivity index (χ0v) is 9.37.